The molecule has 7 heteroatoms. The molecule has 0 fully saturated rings. The van der Waals surface area contributed by atoms with Crippen LogP contribution >= 0.6 is 11.6 Å². The van der Waals surface area contributed by atoms with Crippen molar-refractivity contribution < 1.29 is 4.79 Å². The van der Waals surface area contributed by atoms with Gasteiger partial charge in [-0.05, 0) is 43.7 Å². The molecule has 0 saturated heterocycles. The summed E-state index contributed by atoms with van der Waals surface area (Å²) >= 11 is 5.89. The van der Waals surface area contributed by atoms with Crippen molar-refractivity contribution in [3.05, 3.63) is 81.2 Å². The molecule has 0 bridgehead atoms. The zero-order valence-corrected chi connectivity index (χ0v) is 16.1. The summed E-state index contributed by atoms with van der Waals surface area (Å²) in [5, 5.41) is 6.16. The van der Waals surface area contributed by atoms with Crippen molar-refractivity contribution >= 4 is 23.3 Å². The number of para-hydroxylation sites is 1. The Morgan fingerprint density at radius 3 is 2.33 bits per heavy atom. The van der Waals surface area contributed by atoms with Crippen LogP contribution in [0.15, 0.2) is 59.4 Å². The maximum atomic E-state index is 12.8. The molecule has 3 aromatic rings. The third-order valence-corrected chi connectivity index (χ3v) is 4.76. The van der Waals surface area contributed by atoms with Crippen LogP contribution in [0.25, 0.3) is 5.69 Å². The minimum absolute atomic E-state index is 0.234. The van der Waals surface area contributed by atoms with E-state index in [1.807, 2.05) is 49.4 Å². The second-order valence-corrected chi connectivity index (χ2v) is 6.74. The Morgan fingerprint density at radius 2 is 1.70 bits per heavy atom. The van der Waals surface area contributed by atoms with Crippen LogP contribution in [0.4, 0.5) is 10.5 Å². The van der Waals surface area contributed by atoms with E-state index in [0.29, 0.717) is 10.7 Å². The Morgan fingerprint density at radius 1 is 1.07 bits per heavy atom. The summed E-state index contributed by atoms with van der Waals surface area (Å²) in [7, 11) is 1.78. The summed E-state index contributed by atoms with van der Waals surface area (Å²) in [5.41, 5.74) is 2.29. The van der Waals surface area contributed by atoms with Gasteiger partial charge in [-0.2, -0.15) is 0 Å². The molecule has 3 rings (SSSR count). The number of nitrogens with zero attached hydrogens (tertiary/aromatic N) is 2. The monoisotopic (exact) mass is 384 g/mol. The van der Waals surface area contributed by atoms with Crippen molar-refractivity contribution in [2.24, 2.45) is 7.05 Å². The molecule has 0 unspecified atom stereocenters. The molecule has 6 nitrogen and oxygen atoms in total. The molecule has 2 amide bonds. The zero-order valence-electron chi connectivity index (χ0n) is 15.4. The van der Waals surface area contributed by atoms with Gasteiger partial charge in [0.2, 0.25) is 0 Å². The van der Waals surface area contributed by atoms with E-state index < -0.39 is 6.03 Å². The topological polar surface area (TPSA) is 68.1 Å². The average Bonchev–Trinajstić information content (AvgIpc) is 2.86. The predicted octanol–water partition coefficient (Wildman–Crippen LogP) is 4.02. The molecule has 0 spiro atoms. The average molecular weight is 385 g/mol. The number of urea groups is 1. The van der Waals surface area contributed by atoms with Gasteiger partial charge >= 0.3 is 6.03 Å². The minimum atomic E-state index is -0.441. The van der Waals surface area contributed by atoms with Gasteiger partial charge in [-0.25, -0.2) is 9.48 Å². The largest absolute Gasteiger partial charge is 0.331 e. The molecule has 1 aromatic heterocycles. The predicted molar refractivity (Wildman–Crippen MR) is 108 cm³/mol. The van der Waals surface area contributed by atoms with Crippen LogP contribution in [0.1, 0.15) is 24.2 Å². The Balaban J connectivity index is 1.80. The van der Waals surface area contributed by atoms with Gasteiger partial charge < -0.3 is 10.6 Å². The van der Waals surface area contributed by atoms with Crippen molar-refractivity contribution in [2.75, 3.05) is 5.32 Å². The Labute approximate surface area is 162 Å². The third kappa shape index (κ3) is 3.90. The molecule has 0 aliphatic rings. The first-order valence-corrected chi connectivity index (χ1v) is 8.93. The zero-order chi connectivity index (χ0) is 19.6. The lowest BCUT2D eigenvalue weighted by atomic mass is 10.1. The highest BCUT2D eigenvalue weighted by molar-refractivity contribution is 6.30. The first-order chi connectivity index (χ1) is 12.9. The second kappa shape index (κ2) is 7.72. The number of aromatic nitrogens is 2. The van der Waals surface area contributed by atoms with Crippen LogP contribution in [-0.4, -0.2) is 15.4 Å². The quantitative estimate of drug-likeness (QED) is 0.713. The minimum Gasteiger partial charge on any atom is -0.331 e. The third-order valence-electron chi connectivity index (χ3n) is 4.51. The van der Waals surface area contributed by atoms with Gasteiger partial charge in [0.25, 0.3) is 5.56 Å². The van der Waals surface area contributed by atoms with Crippen molar-refractivity contribution in [3.63, 3.8) is 0 Å². The Kier molecular flexibility index (Phi) is 5.37. The number of halogens is 1. The van der Waals surface area contributed by atoms with Crippen LogP contribution in [0, 0.1) is 6.92 Å². The molecule has 0 radical (unpaired) electrons. The number of carbonyl (C=O) groups excluding carboxylic acids is 1. The highest BCUT2D eigenvalue weighted by Gasteiger charge is 2.19. The number of anilines is 1. The van der Waals surface area contributed by atoms with Gasteiger partial charge in [0.05, 0.1) is 17.4 Å². The number of carbonyl (C=O) groups is 1. The molecule has 0 aliphatic carbocycles. The summed E-state index contributed by atoms with van der Waals surface area (Å²) in [4.78, 5) is 25.2. The molecular weight excluding hydrogens is 364 g/mol. The fourth-order valence-corrected chi connectivity index (χ4v) is 3.02. The second-order valence-electron chi connectivity index (χ2n) is 6.31. The fourth-order valence-electron chi connectivity index (χ4n) is 2.89. The summed E-state index contributed by atoms with van der Waals surface area (Å²) in [5.74, 6) is 0. The Hall–Kier alpha value is -2.99. The highest BCUT2D eigenvalue weighted by Crippen LogP contribution is 2.17. The van der Waals surface area contributed by atoms with Crippen LogP contribution in [0.5, 0.6) is 0 Å². The summed E-state index contributed by atoms with van der Waals surface area (Å²) in [6.07, 6.45) is 0. The number of benzene rings is 2. The summed E-state index contributed by atoms with van der Waals surface area (Å²) in [6, 6.07) is 15.9. The van der Waals surface area contributed by atoms with E-state index in [9.17, 15) is 9.59 Å². The van der Waals surface area contributed by atoms with Gasteiger partial charge in [0.1, 0.15) is 5.69 Å². The van der Waals surface area contributed by atoms with Gasteiger partial charge in [-0.1, -0.05) is 41.9 Å². The van der Waals surface area contributed by atoms with Crippen LogP contribution in [0.2, 0.25) is 5.02 Å². The lowest BCUT2D eigenvalue weighted by Crippen LogP contribution is -2.33. The van der Waals surface area contributed by atoms with E-state index >= 15 is 0 Å². The molecule has 27 heavy (non-hydrogen) atoms. The number of amides is 2. The van der Waals surface area contributed by atoms with Crippen molar-refractivity contribution in [2.45, 2.75) is 19.9 Å². The normalized spacial score (nSPS) is 11.9. The van der Waals surface area contributed by atoms with Gasteiger partial charge in [-0.15, -0.1) is 0 Å². The van der Waals surface area contributed by atoms with E-state index in [1.54, 1.807) is 30.8 Å². The summed E-state index contributed by atoms with van der Waals surface area (Å²) in [6.45, 7) is 3.65. The van der Waals surface area contributed by atoms with Crippen molar-refractivity contribution in [1.82, 2.24) is 14.7 Å². The molecule has 2 aromatic carbocycles. The fraction of sp³-hybridized carbons (Fsp3) is 0.200. The van der Waals surface area contributed by atoms with Gasteiger partial charge in [-0.3, -0.25) is 9.48 Å². The van der Waals surface area contributed by atoms with E-state index in [1.165, 1.54) is 4.68 Å². The number of nitrogens with one attached hydrogen (secondary N) is 2. The summed E-state index contributed by atoms with van der Waals surface area (Å²) < 4.78 is 3.24. The van der Waals surface area contributed by atoms with E-state index in [4.69, 9.17) is 11.6 Å². The van der Waals surface area contributed by atoms with Gasteiger partial charge in [0, 0.05) is 12.1 Å². The van der Waals surface area contributed by atoms with Crippen molar-refractivity contribution in [1.29, 1.82) is 0 Å². The maximum absolute atomic E-state index is 12.8. The smallest absolute Gasteiger partial charge is 0.319 e. The van der Waals surface area contributed by atoms with E-state index in [-0.39, 0.29) is 17.3 Å². The number of hydrogen-bond acceptors (Lipinski definition) is 2. The molecular formula is C20H21ClN4O2. The first kappa shape index (κ1) is 18.8. The van der Waals surface area contributed by atoms with Crippen molar-refractivity contribution in [3.8, 4) is 5.69 Å². The molecule has 2 N–H and O–H groups in total. The maximum Gasteiger partial charge on any atom is 0.319 e. The number of rotatable bonds is 4. The molecule has 1 atom stereocenters. The van der Waals surface area contributed by atoms with E-state index in [2.05, 4.69) is 10.6 Å². The molecule has 0 aliphatic heterocycles. The molecule has 140 valence electrons. The lowest BCUT2D eigenvalue weighted by molar-refractivity contribution is 0.249. The Bertz CT molecular complexity index is 1010. The molecule has 1 heterocycles. The standard InChI is InChI=1S/C20H21ClN4O2/c1-13(15-9-11-16(21)12-10-15)22-20(27)23-18-14(2)24(3)25(19(18)26)17-7-5-4-6-8-17/h4-13H,1-3H3,(H2,22,23,27)/t13-/m1/s1. The lowest BCUT2D eigenvalue weighted by Gasteiger charge is -2.14. The van der Waals surface area contributed by atoms with Crippen LogP contribution < -0.4 is 16.2 Å². The van der Waals surface area contributed by atoms with E-state index in [0.717, 1.165) is 11.3 Å². The van der Waals surface area contributed by atoms with Crippen LogP contribution in [-0.2, 0) is 7.05 Å². The highest BCUT2D eigenvalue weighted by atomic mass is 35.5. The first-order valence-electron chi connectivity index (χ1n) is 8.55. The van der Waals surface area contributed by atoms with Gasteiger partial charge in [0.15, 0.2) is 0 Å². The number of hydrogen-bond donors (Lipinski definition) is 2. The van der Waals surface area contributed by atoms with Crippen LogP contribution in [0.3, 0.4) is 0 Å². The SMILES string of the molecule is Cc1c(NC(=O)N[C@H](C)c2ccc(Cl)cc2)c(=O)n(-c2ccccc2)n1C. The molecule has 0 saturated carbocycles.